The number of fused-ring (bicyclic) bond motifs is 5. The van der Waals surface area contributed by atoms with E-state index >= 15 is 0 Å². The molecule has 1 aliphatic heterocycles. The number of halogens is 1. The molecule has 1 heterocycles. The summed E-state index contributed by atoms with van der Waals surface area (Å²) in [6, 6.07) is 20.0. The molecule has 1 nitrogen and oxygen atoms in total. The molecule has 0 saturated heterocycles. The highest BCUT2D eigenvalue weighted by Gasteiger charge is 2.39. The van der Waals surface area contributed by atoms with E-state index in [2.05, 4.69) is 53.9 Å². The van der Waals surface area contributed by atoms with E-state index in [4.69, 9.17) is 0 Å². The lowest BCUT2D eigenvalue weighted by atomic mass is 9.75. The Hall–Kier alpha value is -2.61. The Labute approximate surface area is 140 Å². The average Bonchev–Trinajstić information content (AvgIpc) is 3.11. The van der Waals surface area contributed by atoms with E-state index in [1.54, 1.807) is 12.1 Å². The minimum Gasteiger partial charge on any atom is -0.378 e. The van der Waals surface area contributed by atoms with E-state index in [1.807, 2.05) is 12.1 Å². The number of benzene rings is 3. The zero-order valence-corrected chi connectivity index (χ0v) is 13.2. The molecule has 1 N–H and O–H groups in total. The quantitative estimate of drug-likeness (QED) is 0.559. The first-order valence-electron chi connectivity index (χ1n) is 8.52. The number of nitrogens with one attached hydrogen (secondary N) is 1. The first-order valence-corrected chi connectivity index (χ1v) is 8.52. The van der Waals surface area contributed by atoms with Crippen LogP contribution in [-0.4, -0.2) is 0 Å². The van der Waals surface area contributed by atoms with Crippen LogP contribution >= 0.6 is 0 Å². The molecule has 0 saturated carbocycles. The van der Waals surface area contributed by atoms with Gasteiger partial charge in [-0.2, -0.15) is 0 Å². The largest absolute Gasteiger partial charge is 0.378 e. The molecule has 0 spiro atoms. The summed E-state index contributed by atoms with van der Waals surface area (Å²) in [6.45, 7) is 0. The number of anilines is 1. The third-order valence-corrected chi connectivity index (χ3v) is 5.50. The van der Waals surface area contributed by atoms with Gasteiger partial charge in [0, 0.05) is 17.2 Å². The van der Waals surface area contributed by atoms with Crippen LogP contribution in [0.1, 0.15) is 29.5 Å². The van der Waals surface area contributed by atoms with Crippen LogP contribution in [0.3, 0.4) is 0 Å². The van der Waals surface area contributed by atoms with Crippen molar-refractivity contribution in [3.8, 4) is 0 Å². The van der Waals surface area contributed by atoms with Crippen molar-refractivity contribution in [3.05, 3.63) is 89.8 Å². The van der Waals surface area contributed by atoms with Gasteiger partial charge in [0.25, 0.3) is 0 Å². The SMILES string of the molecule is Fc1ccccc1[C@@H]1Nc2ccc3ccccc3c2[C@@H]2C=CC[C@@H]21. The second-order valence-electron chi connectivity index (χ2n) is 6.74. The molecule has 0 fully saturated rings. The molecule has 3 aromatic rings. The maximum Gasteiger partial charge on any atom is 0.128 e. The maximum atomic E-state index is 14.4. The van der Waals surface area contributed by atoms with Gasteiger partial charge in [-0.15, -0.1) is 0 Å². The third-order valence-electron chi connectivity index (χ3n) is 5.50. The lowest BCUT2D eigenvalue weighted by Gasteiger charge is -2.38. The summed E-state index contributed by atoms with van der Waals surface area (Å²) in [5.74, 6) is 0.585. The Kier molecular flexibility index (Phi) is 2.99. The van der Waals surface area contributed by atoms with E-state index in [0.717, 1.165) is 17.7 Å². The van der Waals surface area contributed by atoms with Gasteiger partial charge in [0.15, 0.2) is 0 Å². The number of hydrogen-bond acceptors (Lipinski definition) is 1. The fourth-order valence-electron chi connectivity index (χ4n) is 4.42. The molecule has 3 atom stereocenters. The predicted octanol–water partition coefficient (Wildman–Crippen LogP) is 5.81. The van der Waals surface area contributed by atoms with Gasteiger partial charge in [0.05, 0.1) is 6.04 Å². The molecule has 2 heteroatoms. The minimum atomic E-state index is -0.120. The topological polar surface area (TPSA) is 12.0 Å². The molecule has 0 unspecified atom stereocenters. The summed E-state index contributed by atoms with van der Waals surface area (Å²) >= 11 is 0. The fraction of sp³-hybridized carbons (Fsp3) is 0.182. The van der Waals surface area contributed by atoms with E-state index in [0.29, 0.717) is 11.8 Å². The van der Waals surface area contributed by atoms with Gasteiger partial charge in [-0.25, -0.2) is 4.39 Å². The van der Waals surface area contributed by atoms with E-state index in [-0.39, 0.29) is 11.9 Å². The molecular weight excluding hydrogens is 297 g/mol. The molecule has 24 heavy (non-hydrogen) atoms. The third kappa shape index (κ3) is 1.92. The van der Waals surface area contributed by atoms with Gasteiger partial charge in [-0.05, 0) is 40.8 Å². The van der Waals surface area contributed by atoms with Crippen molar-refractivity contribution in [1.82, 2.24) is 0 Å². The van der Waals surface area contributed by atoms with E-state index in [9.17, 15) is 4.39 Å². The summed E-state index contributed by atoms with van der Waals surface area (Å²) in [5.41, 5.74) is 3.27. The molecule has 118 valence electrons. The Morgan fingerprint density at radius 2 is 1.75 bits per heavy atom. The van der Waals surface area contributed by atoms with Gasteiger partial charge >= 0.3 is 0 Å². The van der Waals surface area contributed by atoms with Crippen molar-refractivity contribution in [3.63, 3.8) is 0 Å². The zero-order valence-electron chi connectivity index (χ0n) is 13.2. The molecular formula is C22H18FN. The van der Waals surface area contributed by atoms with Gasteiger partial charge in [-0.3, -0.25) is 0 Å². The predicted molar refractivity (Wildman–Crippen MR) is 96.7 cm³/mol. The van der Waals surface area contributed by atoms with Gasteiger partial charge in [-0.1, -0.05) is 60.7 Å². The molecule has 2 aliphatic rings. The normalized spacial score (nSPS) is 24.5. The highest BCUT2D eigenvalue weighted by atomic mass is 19.1. The molecule has 5 rings (SSSR count). The molecule has 3 aromatic carbocycles. The van der Waals surface area contributed by atoms with Crippen LogP contribution in [-0.2, 0) is 0 Å². The van der Waals surface area contributed by atoms with Crippen molar-refractivity contribution >= 4 is 16.5 Å². The van der Waals surface area contributed by atoms with Crippen LogP contribution in [0.25, 0.3) is 10.8 Å². The van der Waals surface area contributed by atoms with Crippen molar-refractivity contribution in [2.24, 2.45) is 5.92 Å². The molecule has 0 aromatic heterocycles. The van der Waals surface area contributed by atoms with Crippen LogP contribution < -0.4 is 5.32 Å². The Bertz CT molecular complexity index is 959. The van der Waals surface area contributed by atoms with Crippen molar-refractivity contribution in [1.29, 1.82) is 0 Å². The first kappa shape index (κ1) is 13.8. The summed E-state index contributed by atoms with van der Waals surface area (Å²) in [4.78, 5) is 0. The number of hydrogen-bond donors (Lipinski definition) is 1. The average molecular weight is 315 g/mol. The zero-order chi connectivity index (χ0) is 16.1. The second-order valence-corrected chi connectivity index (χ2v) is 6.74. The monoisotopic (exact) mass is 315 g/mol. The van der Waals surface area contributed by atoms with Crippen molar-refractivity contribution in [2.45, 2.75) is 18.4 Å². The van der Waals surface area contributed by atoms with E-state index in [1.165, 1.54) is 16.3 Å². The lowest BCUT2D eigenvalue weighted by molar-refractivity contribution is 0.415. The van der Waals surface area contributed by atoms with Crippen LogP contribution in [0, 0.1) is 11.7 Å². The summed E-state index contributed by atoms with van der Waals surface area (Å²) < 4.78 is 14.4. The molecule has 1 aliphatic carbocycles. The number of allylic oxidation sites excluding steroid dienone is 2. The second kappa shape index (κ2) is 5.20. The maximum absolute atomic E-state index is 14.4. The smallest absolute Gasteiger partial charge is 0.128 e. The first-order chi connectivity index (χ1) is 11.8. The molecule has 0 bridgehead atoms. The van der Waals surface area contributed by atoms with Gasteiger partial charge in [0.2, 0.25) is 0 Å². The summed E-state index contributed by atoms with van der Waals surface area (Å²) in [7, 11) is 0. The Balaban J connectivity index is 1.71. The fourth-order valence-corrected chi connectivity index (χ4v) is 4.42. The minimum absolute atomic E-state index is 0.0138. The van der Waals surface area contributed by atoms with Crippen LogP contribution in [0.5, 0.6) is 0 Å². The summed E-state index contributed by atoms with van der Waals surface area (Å²) in [6.07, 6.45) is 5.55. The highest BCUT2D eigenvalue weighted by Crippen LogP contribution is 2.51. The lowest BCUT2D eigenvalue weighted by Crippen LogP contribution is -2.29. The van der Waals surface area contributed by atoms with Crippen LogP contribution in [0.4, 0.5) is 10.1 Å². The standard InChI is InChI=1S/C22H18FN/c23-19-11-4-3-8-18(19)22-17-10-5-9-16(17)21-15-7-2-1-6-14(15)12-13-20(21)24-22/h1-9,11-13,16-17,22,24H,10H2/t16-,17+,22-/m1/s1. The van der Waals surface area contributed by atoms with Crippen molar-refractivity contribution in [2.75, 3.05) is 5.32 Å². The van der Waals surface area contributed by atoms with E-state index < -0.39 is 0 Å². The Morgan fingerprint density at radius 1 is 0.917 bits per heavy atom. The van der Waals surface area contributed by atoms with Crippen LogP contribution in [0.15, 0.2) is 72.8 Å². The Morgan fingerprint density at radius 3 is 2.67 bits per heavy atom. The van der Waals surface area contributed by atoms with Crippen molar-refractivity contribution < 1.29 is 4.39 Å². The summed E-state index contributed by atoms with van der Waals surface area (Å²) in [5, 5.41) is 6.20. The van der Waals surface area contributed by atoms with Gasteiger partial charge < -0.3 is 5.32 Å². The number of rotatable bonds is 1. The van der Waals surface area contributed by atoms with Gasteiger partial charge in [0.1, 0.15) is 5.82 Å². The highest BCUT2D eigenvalue weighted by molar-refractivity contribution is 5.91. The molecule has 0 amide bonds. The molecule has 0 radical (unpaired) electrons. The van der Waals surface area contributed by atoms with Crippen LogP contribution in [0.2, 0.25) is 0 Å².